The van der Waals surface area contributed by atoms with Gasteiger partial charge in [0.2, 0.25) is 10.0 Å². The zero-order valence-electron chi connectivity index (χ0n) is 8.25. The first-order valence-electron chi connectivity index (χ1n) is 4.40. The molecule has 0 unspecified atom stereocenters. The molecule has 0 spiro atoms. The summed E-state index contributed by atoms with van der Waals surface area (Å²) in [7, 11) is 0. The van der Waals surface area contributed by atoms with Gasteiger partial charge in [-0.15, -0.1) is 10.2 Å². The Morgan fingerprint density at radius 1 is 1.35 bits per heavy atom. The Morgan fingerprint density at radius 3 is 2.65 bits per heavy atom. The van der Waals surface area contributed by atoms with Gasteiger partial charge in [-0.05, 0) is 24.3 Å². The van der Waals surface area contributed by atoms with Crippen molar-refractivity contribution in [2.24, 2.45) is 0 Å². The van der Waals surface area contributed by atoms with Gasteiger partial charge in [0.05, 0.1) is 0 Å². The van der Waals surface area contributed by atoms with Crippen molar-refractivity contribution in [2.45, 2.75) is 0 Å². The molecular formula is C10H4ClN3O2S. The molecule has 84 valence electrons. The molecule has 5 nitrogen and oxygen atoms in total. The number of halogens is 1. The molecular weight excluding hydrogens is 262 g/mol. The molecule has 0 aliphatic rings. The van der Waals surface area contributed by atoms with E-state index in [1.807, 2.05) is 0 Å². The van der Waals surface area contributed by atoms with Gasteiger partial charge in [0.25, 0.3) is 0 Å². The van der Waals surface area contributed by atoms with E-state index in [9.17, 15) is 4.79 Å². The summed E-state index contributed by atoms with van der Waals surface area (Å²) in [6.45, 7) is 0. The summed E-state index contributed by atoms with van der Waals surface area (Å²) >= 11 is 6.57. The first kappa shape index (κ1) is 11.5. The summed E-state index contributed by atoms with van der Waals surface area (Å²) in [5.74, 6) is -0.292. The molecule has 7 heteroatoms. The van der Waals surface area contributed by atoms with Crippen molar-refractivity contribution < 1.29 is 9.53 Å². The summed E-state index contributed by atoms with van der Waals surface area (Å²) in [5, 5.41) is 16.3. The third-order valence-electron chi connectivity index (χ3n) is 1.72. The second-order valence-electron chi connectivity index (χ2n) is 2.87. The van der Waals surface area contributed by atoms with Crippen LogP contribution in [0, 0.1) is 11.3 Å². The summed E-state index contributed by atoms with van der Waals surface area (Å²) in [5.41, 5.74) is 0. The van der Waals surface area contributed by atoms with Crippen molar-refractivity contribution in [3.05, 3.63) is 39.3 Å². The quantitative estimate of drug-likeness (QED) is 0.615. The minimum Gasteiger partial charge on any atom is -0.421 e. The summed E-state index contributed by atoms with van der Waals surface area (Å²) in [6.07, 6.45) is 0. The molecule has 17 heavy (non-hydrogen) atoms. The van der Waals surface area contributed by atoms with E-state index in [4.69, 9.17) is 21.6 Å². The number of nitrogens with zero attached hydrogens (tertiary/aromatic N) is 3. The molecule has 0 atom stereocenters. The van der Waals surface area contributed by atoms with E-state index in [1.54, 1.807) is 30.3 Å². The van der Waals surface area contributed by atoms with E-state index < -0.39 is 5.97 Å². The number of esters is 1. The average Bonchev–Trinajstić information content (AvgIpc) is 2.81. The highest BCUT2D eigenvalue weighted by atomic mass is 35.5. The summed E-state index contributed by atoms with van der Waals surface area (Å²) < 4.78 is 5.01. The zero-order chi connectivity index (χ0) is 12.3. The maximum atomic E-state index is 11.6. The molecule has 1 aromatic heterocycles. The molecule has 0 N–H and O–H groups in total. The molecule has 0 saturated heterocycles. The Hall–Kier alpha value is -1.97. The summed E-state index contributed by atoms with van der Waals surface area (Å²) in [6, 6.07) is 8.12. The van der Waals surface area contributed by atoms with Gasteiger partial charge >= 0.3 is 5.97 Å². The van der Waals surface area contributed by atoms with Gasteiger partial charge < -0.3 is 4.74 Å². The lowest BCUT2D eigenvalue weighted by atomic mass is 10.3. The van der Waals surface area contributed by atoms with Gasteiger partial charge in [0, 0.05) is 5.02 Å². The van der Waals surface area contributed by atoms with Gasteiger partial charge in [0.1, 0.15) is 11.8 Å². The van der Waals surface area contributed by atoms with E-state index in [0.717, 1.165) is 11.3 Å². The fraction of sp³-hybridized carbons (Fsp3) is 0. The van der Waals surface area contributed by atoms with Crippen LogP contribution in [0.2, 0.25) is 5.02 Å². The Labute approximate surface area is 105 Å². The third kappa shape index (κ3) is 2.78. The van der Waals surface area contributed by atoms with E-state index in [0.29, 0.717) is 10.8 Å². The number of carbonyl (C=O) groups excluding carboxylic acids is 1. The van der Waals surface area contributed by atoms with Crippen LogP contribution >= 0.6 is 22.9 Å². The molecule has 1 aromatic carbocycles. The van der Waals surface area contributed by atoms with Crippen LogP contribution in [-0.2, 0) is 0 Å². The van der Waals surface area contributed by atoms with Crippen molar-refractivity contribution in [1.82, 2.24) is 10.2 Å². The Morgan fingerprint density at radius 2 is 2.06 bits per heavy atom. The van der Waals surface area contributed by atoms with Crippen molar-refractivity contribution in [1.29, 1.82) is 5.26 Å². The standard InChI is InChI=1S/C10H4ClN3O2S/c11-6-1-3-7(4-2-6)16-10(15)9-14-13-8(5-12)17-9/h1-4H. The Kier molecular flexibility index (Phi) is 3.32. The SMILES string of the molecule is N#Cc1nnc(C(=O)Oc2ccc(Cl)cc2)s1. The first-order chi connectivity index (χ1) is 8.19. The van der Waals surface area contributed by atoms with E-state index in [2.05, 4.69) is 10.2 Å². The van der Waals surface area contributed by atoms with E-state index in [-0.39, 0.29) is 10.0 Å². The molecule has 0 bridgehead atoms. The van der Waals surface area contributed by atoms with Crippen molar-refractivity contribution in [3.8, 4) is 11.8 Å². The minimum atomic E-state index is -0.647. The second kappa shape index (κ2) is 4.91. The highest BCUT2D eigenvalue weighted by molar-refractivity contribution is 7.13. The number of carbonyl (C=O) groups is 1. The van der Waals surface area contributed by atoms with Crippen LogP contribution in [0.5, 0.6) is 5.75 Å². The normalized spacial score (nSPS) is 9.65. The number of hydrogen-bond acceptors (Lipinski definition) is 6. The molecule has 0 aliphatic heterocycles. The maximum Gasteiger partial charge on any atom is 0.374 e. The number of aromatic nitrogens is 2. The lowest BCUT2D eigenvalue weighted by molar-refractivity contribution is 0.0733. The minimum absolute atomic E-state index is 0.0384. The predicted molar refractivity (Wildman–Crippen MR) is 61.0 cm³/mol. The molecule has 1 heterocycles. The monoisotopic (exact) mass is 265 g/mol. The molecule has 0 amide bonds. The highest BCUT2D eigenvalue weighted by Gasteiger charge is 2.14. The van der Waals surface area contributed by atoms with Gasteiger partial charge in [-0.3, -0.25) is 0 Å². The molecule has 2 aromatic rings. The number of hydrogen-bond donors (Lipinski definition) is 0. The van der Waals surface area contributed by atoms with Crippen LogP contribution in [0.15, 0.2) is 24.3 Å². The largest absolute Gasteiger partial charge is 0.421 e. The predicted octanol–water partition coefficient (Wildman–Crippen LogP) is 2.28. The smallest absolute Gasteiger partial charge is 0.374 e. The molecule has 0 fully saturated rings. The molecule has 0 radical (unpaired) electrons. The Balaban J connectivity index is 2.12. The van der Waals surface area contributed by atoms with Crippen molar-refractivity contribution in [3.63, 3.8) is 0 Å². The lowest BCUT2D eigenvalue weighted by Crippen LogP contribution is -2.07. The van der Waals surface area contributed by atoms with Crippen LogP contribution < -0.4 is 4.74 Å². The first-order valence-corrected chi connectivity index (χ1v) is 5.60. The van der Waals surface area contributed by atoms with Gasteiger partial charge in [0.15, 0.2) is 0 Å². The van der Waals surface area contributed by atoms with Crippen LogP contribution in [0.25, 0.3) is 0 Å². The zero-order valence-corrected chi connectivity index (χ0v) is 9.83. The van der Waals surface area contributed by atoms with Gasteiger partial charge in [-0.2, -0.15) is 5.26 Å². The average molecular weight is 266 g/mol. The lowest BCUT2D eigenvalue weighted by Gasteiger charge is -2.00. The number of nitriles is 1. The van der Waals surface area contributed by atoms with Crippen LogP contribution in [0.1, 0.15) is 14.8 Å². The molecule has 2 rings (SSSR count). The van der Waals surface area contributed by atoms with Crippen LogP contribution in [0.4, 0.5) is 0 Å². The van der Waals surface area contributed by atoms with Crippen LogP contribution in [-0.4, -0.2) is 16.2 Å². The number of benzene rings is 1. The van der Waals surface area contributed by atoms with Crippen LogP contribution in [0.3, 0.4) is 0 Å². The summed E-state index contributed by atoms with van der Waals surface area (Å²) in [4.78, 5) is 11.6. The maximum absolute atomic E-state index is 11.6. The number of rotatable bonds is 2. The Bertz CT molecular complexity index is 588. The molecule has 0 aliphatic carbocycles. The van der Waals surface area contributed by atoms with E-state index in [1.165, 1.54) is 0 Å². The third-order valence-corrected chi connectivity index (χ3v) is 2.78. The van der Waals surface area contributed by atoms with Crippen molar-refractivity contribution >= 4 is 28.9 Å². The fourth-order valence-electron chi connectivity index (χ4n) is 1.00. The fourth-order valence-corrected chi connectivity index (χ4v) is 1.65. The molecule has 0 saturated carbocycles. The highest BCUT2D eigenvalue weighted by Crippen LogP contribution is 2.17. The van der Waals surface area contributed by atoms with Gasteiger partial charge in [-0.25, -0.2) is 4.79 Å². The number of ether oxygens (including phenoxy) is 1. The second-order valence-corrected chi connectivity index (χ2v) is 4.28. The van der Waals surface area contributed by atoms with Gasteiger partial charge in [-0.1, -0.05) is 22.9 Å². The van der Waals surface area contributed by atoms with Crippen molar-refractivity contribution in [2.75, 3.05) is 0 Å². The van der Waals surface area contributed by atoms with E-state index >= 15 is 0 Å². The topological polar surface area (TPSA) is 75.9 Å².